The first-order valence-corrected chi connectivity index (χ1v) is 7.74. The molecule has 2 saturated heterocycles. The number of benzene rings is 1. The van der Waals surface area contributed by atoms with Gasteiger partial charge in [-0.3, -0.25) is 0 Å². The molecule has 0 bridgehead atoms. The maximum atomic E-state index is 10.9. The van der Waals surface area contributed by atoms with Crippen molar-refractivity contribution in [1.29, 1.82) is 0 Å². The van der Waals surface area contributed by atoms with E-state index in [4.69, 9.17) is 14.2 Å². The number of amidine groups is 1. The first kappa shape index (κ1) is 14.4. The summed E-state index contributed by atoms with van der Waals surface area (Å²) >= 11 is 0. The van der Waals surface area contributed by atoms with Crippen LogP contribution in [0.3, 0.4) is 0 Å². The van der Waals surface area contributed by atoms with Crippen LogP contribution < -0.4 is 4.74 Å². The second-order valence-electron chi connectivity index (χ2n) is 4.97. The van der Waals surface area contributed by atoms with Crippen LogP contribution in [0.25, 0.3) is 0 Å². The van der Waals surface area contributed by atoms with Crippen molar-refractivity contribution >= 4 is 14.6 Å². The third-order valence-electron chi connectivity index (χ3n) is 3.69. The molecule has 2 fully saturated rings. The SMILES string of the molecule is O=PN=C(Oc1ccccc1)N1CCC2(CC1)OCCO2. The molecular weight excluding hydrogens is 291 g/mol. The van der Waals surface area contributed by atoms with Gasteiger partial charge < -0.3 is 19.1 Å². The van der Waals surface area contributed by atoms with Crippen molar-refractivity contribution < 1.29 is 18.8 Å². The number of hydrogen-bond donors (Lipinski definition) is 0. The van der Waals surface area contributed by atoms with E-state index in [-0.39, 0.29) is 8.61 Å². The van der Waals surface area contributed by atoms with Crippen molar-refractivity contribution in [2.24, 2.45) is 4.76 Å². The highest BCUT2D eigenvalue weighted by atomic mass is 31.1. The fourth-order valence-electron chi connectivity index (χ4n) is 2.60. The number of para-hydroxylation sites is 1. The van der Waals surface area contributed by atoms with Gasteiger partial charge in [-0.05, 0) is 12.1 Å². The highest BCUT2D eigenvalue weighted by Gasteiger charge is 2.40. The number of piperidine rings is 1. The van der Waals surface area contributed by atoms with E-state index in [1.54, 1.807) is 0 Å². The molecule has 1 aromatic carbocycles. The maximum Gasteiger partial charge on any atom is 0.307 e. The summed E-state index contributed by atoms with van der Waals surface area (Å²) in [5, 5.41) is 0. The second kappa shape index (κ2) is 6.52. The maximum absolute atomic E-state index is 10.9. The lowest BCUT2D eigenvalue weighted by molar-refractivity contribution is -0.181. The van der Waals surface area contributed by atoms with Gasteiger partial charge in [0.1, 0.15) is 5.75 Å². The molecule has 2 heterocycles. The van der Waals surface area contributed by atoms with Crippen molar-refractivity contribution in [2.45, 2.75) is 18.6 Å². The molecule has 0 radical (unpaired) electrons. The molecule has 0 aliphatic carbocycles. The molecule has 2 aliphatic heterocycles. The van der Waals surface area contributed by atoms with Crippen LogP contribution in [-0.2, 0) is 14.0 Å². The van der Waals surface area contributed by atoms with E-state index in [2.05, 4.69) is 4.76 Å². The summed E-state index contributed by atoms with van der Waals surface area (Å²) in [7, 11) is -0.311. The zero-order valence-corrected chi connectivity index (χ0v) is 12.5. The third-order valence-corrected chi connectivity index (χ3v) is 3.94. The lowest BCUT2D eigenvalue weighted by Crippen LogP contribution is -2.48. The molecule has 1 aromatic rings. The van der Waals surface area contributed by atoms with Crippen molar-refractivity contribution in [3.63, 3.8) is 0 Å². The fraction of sp³-hybridized carbons (Fsp3) is 0.500. The van der Waals surface area contributed by atoms with Gasteiger partial charge in [-0.1, -0.05) is 18.2 Å². The van der Waals surface area contributed by atoms with Crippen molar-refractivity contribution in [3.8, 4) is 5.75 Å². The van der Waals surface area contributed by atoms with Gasteiger partial charge in [0.2, 0.25) is 0 Å². The minimum absolute atomic E-state index is 0.311. The number of likely N-dealkylation sites (tertiary alicyclic amines) is 1. The lowest BCUT2D eigenvalue weighted by Gasteiger charge is -2.38. The van der Waals surface area contributed by atoms with Crippen LogP contribution in [0.5, 0.6) is 5.75 Å². The fourth-order valence-corrected chi connectivity index (χ4v) is 2.84. The van der Waals surface area contributed by atoms with E-state index in [1.807, 2.05) is 35.2 Å². The van der Waals surface area contributed by atoms with Gasteiger partial charge in [0, 0.05) is 25.9 Å². The number of nitrogens with zero attached hydrogens (tertiary/aromatic N) is 2. The summed E-state index contributed by atoms with van der Waals surface area (Å²) in [5.74, 6) is 0.234. The predicted molar refractivity (Wildman–Crippen MR) is 77.6 cm³/mol. The van der Waals surface area contributed by atoms with Gasteiger partial charge >= 0.3 is 14.6 Å². The summed E-state index contributed by atoms with van der Waals surface area (Å²) < 4.78 is 31.9. The summed E-state index contributed by atoms with van der Waals surface area (Å²) in [6.45, 7) is 2.70. The minimum Gasteiger partial charge on any atom is -0.425 e. The molecule has 2 aliphatic rings. The average Bonchev–Trinajstić information content (AvgIpc) is 2.97. The van der Waals surface area contributed by atoms with Crippen LogP contribution in [0.2, 0.25) is 0 Å². The van der Waals surface area contributed by atoms with Gasteiger partial charge in [-0.2, -0.15) is 0 Å². The van der Waals surface area contributed by atoms with E-state index in [1.165, 1.54) is 0 Å². The minimum atomic E-state index is -0.441. The van der Waals surface area contributed by atoms with Crippen LogP contribution in [-0.4, -0.2) is 43.0 Å². The van der Waals surface area contributed by atoms with E-state index < -0.39 is 5.79 Å². The Balaban J connectivity index is 1.65. The Bertz CT molecular complexity index is 507. The highest BCUT2D eigenvalue weighted by Crippen LogP contribution is 2.31. The molecule has 21 heavy (non-hydrogen) atoms. The second-order valence-corrected chi connectivity index (χ2v) is 5.34. The smallest absolute Gasteiger partial charge is 0.307 e. The third kappa shape index (κ3) is 3.40. The zero-order chi connectivity index (χ0) is 14.5. The Labute approximate surface area is 125 Å². The van der Waals surface area contributed by atoms with E-state index in [9.17, 15) is 4.57 Å². The average molecular weight is 308 g/mol. The van der Waals surface area contributed by atoms with Crippen molar-refractivity contribution in [2.75, 3.05) is 26.3 Å². The van der Waals surface area contributed by atoms with Gasteiger partial charge in [0.25, 0.3) is 0 Å². The van der Waals surface area contributed by atoms with Crippen molar-refractivity contribution in [3.05, 3.63) is 30.3 Å². The molecule has 0 unspecified atom stereocenters. The van der Waals surface area contributed by atoms with Crippen LogP contribution in [0.1, 0.15) is 12.8 Å². The largest absolute Gasteiger partial charge is 0.425 e. The molecule has 3 rings (SSSR count). The molecular formula is C14H17N2O4P. The Hall–Kier alpha value is -1.49. The summed E-state index contributed by atoms with van der Waals surface area (Å²) in [4.78, 5) is 1.97. The zero-order valence-electron chi connectivity index (χ0n) is 11.6. The molecule has 1 spiro atoms. The molecule has 0 saturated carbocycles. The first-order chi connectivity index (χ1) is 10.3. The molecule has 112 valence electrons. The van der Waals surface area contributed by atoms with Crippen molar-refractivity contribution in [1.82, 2.24) is 4.90 Å². The molecule has 6 nitrogen and oxygen atoms in total. The highest BCUT2D eigenvalue weighted by molar-refractivity contribution is 7.22. The Kier molecular flexibility index (Phi) is 4.48. The van der Waals surface area contributed by atoms with Crippen LogP contribution in [0, 0.1) is 0 Å². The van der Waals surface area contributed by atoms with Gasteiger partial charge in [0.15, 0.2) is 5.79 Å². The molecule has 7 heteroatoms. The lowest BCUT2D eigenvalue weighted by atomic mass is 10.0. The van der Waals surface area contributed by atoms with Crippen LogP contribution in [0.15, 0.2) is 35.1 Å². The van der Waals surface area contributed by atoms with Crippen LogP contribution in [0.4, 0.5) is 0 Å². The van der Waals surface area contributed by atoms with Gasteiger partial charge in [-0.15, -0.1) is 4.76 Å². The van der Waals surface area contributed by atoms with Crippen LogP contribution >= 0.6 is 8.61 Å². The normalized spacial score (nSPS) is 21.9. The van der Waals surface area contributed by atoms with E-state index >= 15 is 0 Å². The summed E-state index contributed by atoms with van der Waals surface area (Å²) in [6.07, 6.45) is 1.50. The summed E-state index contributed by atoms with van der Waals surface area (Å²) in [5.41, 5.74) is 0. The summed E-state index contributed by atoms with van der Waals surface area (Å²) in [6, 6.07) is 9.72. The molecule has 0 N–H and O–H groups in total. The molecule has 0 aromatic heterocycles. The van der Waals surface area contributed by atoms with E-state index in [0.717, 1.165) is 12.8 Å². The molecule has 0 amide bonds. The van der Waals surface area contributed by atoms with Gasteiger partial charge in [-0.25, -0.2) is 4.57 Å². The standard InChI is InChI=1S/C14H17N2O4P/c17-21-15-13(20-12-4-2-1-3-5-12)16-8-6-14(7-9-16)18-10-11-19-14/h1-5H,6-11H2. The number of hydrogen-bond acceptors (Lipinski definition) is 4. The Morgan fingerprint density at radius 1 is 1.19 bits per heavy atom. The first-order valence-electron chi connectivity index (χ1n) is 6.97. The monoisotopic (exact) mass is 308 g/mol. The topological polar surface area (TPSA) is 60.4 Å². The Morgan fingerprint density at radius 3 is 2.48 bits per heavy atom. The quantitative estimate of drug-likeness (QED) is 0.477. The van der Waals surface area contributed by atoms with E-state index in [0.29, 0.717) is 38.1 Å². The predicted octanol–water partition coefficient (Wildman–Crippen LogP) is 2.47. The molecule has 0 atom stereocenters. The number of rotatable bonds is 2. The number of ether oxygens (including phenoxy) is 3. The van der Waals surface area contributed by atoms with Gasteiger partial charge in [0.05, 0.1) is 13.2 Å². The Morgan fingerprint density at radius 2 is 1.86 bits per heavy atom.